The summed E-state index contributed by atoms with van der Waals surface area (Å²) in [4.78, 5) is 29.8. The number of aryl methyl sites for hydroxylation is 1. The molecule has 10 nitrogen and oxygen atoms in total. The maximum atomic E-state index is 15.5. The van der Waals surface area contributed by atoms with E-state index in [1.165, 1.54) is 194 Å². The van der Waals surface area contributed by atoms with Crippen molar-refractivity contribution in [3.05, 3.63) is 115 Å². The van der Waals surface area contributed by atoms with Crippen LogP contribution in [0.1, 0.15) is 362 Å². The Morgan fingerprint density at radius 3 is 1.01 bits per heavy atom. The summed E-state index contributed by atoms with van der Waals surface area (Å²) in [6.45, 7) is 5.45. The van der Waals surface area contributed by atoms with Gasteiger partial charge in [-0.25, -0.2) is 26.4 Å². The summed E-state index contributed by atoms with van der Waals surface area (Å²) in [5, 5.41) is 0. The normalized spacial score (nSPS) is 35.6. The van der Waals surface area contributed by atoms with Crippen molar-refractivity contribution in [1.29, 1.82) is 0 Å². The molecule has 4 aromatic rings. The number of carbonyl (C=O) groups excluding carboxylic acids is 2. The second kappa shape index (κ2) is 25.6. The lowest BCUT2D eigenvalue weighted by Crippen LogP contribution is -2.24. The van der Waals surface area contributed by atoms with Gasteiger partial charge in [-0.1, -0.05) is 115 Å². The number of hydrogen-bond acceptors (Lipinski definition) is 10. The van der Waals surface area contributed by atoms with Gasteiger partial charge < -0.3 is 18.6 Å². The van der Waals surface area contributed by atoms with Gasteiger partial charge >= 0.3 is 11.9 Å². The highest BCUT2D eigenvalue weighted by atomic mass is 32.2. The molecule has 0 spiro atoms. The smallest absolute Gasteiger partial charge is 0.344 e. The van der Waals surface area contributed by atoms with Gasteiger partial charge in [0.05, 0.1) is 20.9 Å². The molecule has 12 bridgehead atoms. The van der Waals surface area contributed by atoms with Gasteiger partial charge in [-0.3, -0.25) is 0 Å². The van der Waals surface area contributed by atoms with Gasteiger partial charge in [0.25, 0.3) is 0 Å². The Kier molecular flexibility index (Phi) is 17.3. The summed E-state index contributed by atoms with van der Waals surface area (Å²) < 4.78 is 87.7. The van der Waals surface area contributed by atoms with Crippen LogP contribution in [0, 0.1) is 77.9 Å². The van der Waals surface area contributed by atoms with Crippen molar-refractivity contribution in [3.8, 4) is 11.5 Å². The highest BCUT2D eigenvalue weighted by molar-refractivity contribution is 7.86. The molecule has 0 saturated heterocycles. The van der Waals surface area contributed by atoms with E-state index in [4.69, 9.17) is 9.47 Å². The molecule has 0 aliphatic heterocycles. The average molecular weight is 1340 g/mol. The highest BCUT2D eigenvalue weighted by Gasteiger charge is 2.51. The standard InChI is InChI=1S/C46H60O5S.C38H48O5S/c47-46(51-45-40(30-7-3-1-4-8-30)25-36(52(48,49)50)26-41(45)31-9-5-2-6-10-31)44-42(38-21-28-12-15-33(38)18-28)23-35(37-20-27-11-14-32(37)17-27)24-43(44)39-22-29-13-16-34(39)19-29;1-20(2)29-19-35(21(3)10-36(29)44(40,41)42)43-38(39)37-33(31-15-23-5-8-26(31)12-23)17-28(30-14-22-4-7-25(30)11-22)18-34(37)32-16-24-6-9-27(32)13-24/h23-34,37-39H,1-22H2,(H,48,49,50);10,17-20,22-27,30-32H,4-9,11-16H2,1-3H3,(H,40,41,42)/p-2. The largest absolute Gasteiger partial charge is 0.744 e. The molecule has 14 aliphatic carbocycles. The molecule has 18 unspecified atom stereocenters. The molecular formula is C84H106O10S2-2. The number of carbonyl (C=O) groups is 2. The topological polar surface area (TPSA) is 167 Å². The molecule has 12 heteroatoms. The van der Waals surface area contributed by atoms with E-state index in [0.717, 1.165) is 134 Å². The Morgan fingerprint density at radius 1 is 0.385 bits per heavy atom. The molecular weight excluding hydrogens is 1230 g/mol. The zero-order valence-corrected chi connectivity index (χ0v) is 59.3. The summed E-state index contributed by atoms with van der Waals surface area (Å²) in [7, 11) is -9.33. The minimum absolute atomic E-state index is 0.0934. The number of benzene rings is 4. The van der Waals surface area contributed by atoms with Crippen LogP contribution in [0.4, 0.5) is 0 Å². The Morgan fingerprint density at radius 2 is 0.719 bits per heavy atom. The minimum atomic E-state index is -4.68. The molecule has 18 atom stereocenters. The molecule has 14 saturated carbocycles. The van der Waals surface area contributed by atoms with Crippen molar-refractivity contribution in [1.82, 2.24) is 0 Å². The van der Waals surface area contributed by atoms with Crippen LogP contribution in [-0.4, -0.2) is 37.9 Å². The van der Waals surface area contributed by atoms with E-state index in [2.05, 4.69) is 24.3 Å². The molecule has 14 fully saturated rings. The van der Waals surface area contributed by atoms with E-state index in [1.54, 1.807) is 25.1 Å². The Labute approximate surface area is 573 Å². The summed E-state index contributed by atoms with van der Waals surface area (Å²) in [5.74, 6) is 12.3. The first-order chi connectivity index (χ1) is 46.3. The first-order valence-electron chi connectivity index (χ1n) is 39.3. The van der Waals surface area contributed by atoms with Crippen LogP contribution >= 0.6 is 0 Å². The van der Waals surface area contributed by atoms with E-state index in [0.29, 0.717) is 81.8 Å². The van der Waals surface area contributed by atoms with Crippen molar-refractivity contribution in [2.75, 3.05) is 0 Å². The van der Waals surface area contributed by atoms with Crippen LogP contribution in [0.25, 0.3) is 0 Å². The lowest BCUT2D eigenvalue weighted by molar-refractivity contribution is 0.0716. The Balaban J connectivity index is 0.000000147. The summed E-state index contributed by atoms with van der Waals surface area (Å²) in [5.41, 5.74) is 12.3. The first-order valence-corrected chi connectivity index (χ1v) is 42.2. The molecule has 0 amide bonds. The van der Waals surface area contributed by atoms with Gasteiger partial charge in [0.15, 0.2) is 0 Å². The molecule has 0 aromatic heterocycles. The summed E-state index contributed by atoms with van der Waals surface area (Å²) in [6, 6.07) is 16.2. The van der Waals surface area contributed by atoms with Crippen molar-refractivity contribution in [2.24, 2.45) is 71.0 Å². The number of rotatable bonds is 15. The van der Waals surface area contributed by atoms with Gasteiger partial charge in [0.2, 0.25) is 0 Å². The fourth-order valence-corrected chi connectivity index (χ4v) is 26.8. The zero-order valence-electron chi connectivity index (χ0n) is 57.7. The molecule has 0 N–H and O–H groups in total. The number of esters is 2. The molecule has 14 aliphatic rings. The molecule has 96 heavy (non-hydrogen) atoms. The van der Waals surface area contributed by atoms with E-state index < -0.39 is 20.2 Å². The van der Waals surface area contributed by atoms with Crippen molar-refractivity contribution >= 4 is 32.2 Å². The van der Waals surface area contributed by atoms with Crippen LogP contribution in [0.3, 0.4) is 0 Å². The Bertz CT molecular complexity index is 3790. The molecule has 18 rings (SSSR count). The highest BCUT2D eigenvalue weighted by Crippen LogP contribution is 2.63. The molecule has 0 heterocycles. The third-order valence-corrected chi connectivity index (χ3v) is 31.5. The lowest BCUT2D eigenvalue weighted by atomic mass is 9.72. The predicted octanol–water partition coefficient (Wildman–Crippen LogP) is 20.6. The second-order valence-corrected chi connectivity index (χ2v) is 38.2. The van der Waals surface area contributed by atoms with E-state index in [9.17, 15) is 30.7 Å². The van der Waals surface area contributed by atoms with Gasteiger partial charge in [-0.05, 0) is 352 Å². The van der Waals surface area contributed by atoms with Crippen LogP contribution < -0.4 is 9.47 Å². The number of hydrogen-bond donors (Lipinski definition) is 0. The fourth-order valence-electron chi connectivity index (χ4n) is 25.4. The van der Waals surface area contributed by atoms with E-state index >= 15 is 4.79 Å². The van der Waals surface area contributed by atoms with Crippen molar-refractivity contribution in [3.63, 3.8) is 0 Å². The van der Waals surface area contributed by atoms with Crippen LogP contribution in [-0.2, 0) is 20.2 Å². The van der Waals surface area contributed by atoms with E-state index in [1.807, 2.05) is 13.8 Å². The second-order valence-electron chi connectivity index (χ2n) is 35.4. The van der Waals surface area contributed by atoms with E-state index in [-0.39, 0.29) is 39.5 Å². The number of fused-ring (bicyclic) bond motifs is 12. The summed E-state index contributed by atoms with van der Waals surface area (Å²) in [6.07, 6.45) is 41.4. The van der Waals surface area contributed by atoms with Crippen LogP contribution in [0.15, 0.2) is 58.3 Å². The van der Waals surface area contributed by atoms with Crippen molar-refractivity contribution in [2.45, 2.75) is 302 Å². The monoisotopic (exact) mass is 1340 g/mol. The molecule has 4 aromatic carbocycles. The van der Waals surface area contributed by atoms with Crippen LogP contribution in [0.2, 0.25) is 0 Å². The molecule has 0 radical (unpaired) electrons. The predicted molar refractivity (Wildman–Crippen MR) is 371 cm³/mol. The SMILES string of the molecule is Cc1cc(S(=O)(=O)[O-])c(C(C)C)cc1OC(=O)c1c(C2CC3CCC2C3)cc(C2CC3CCC2C3)cc1C1CC2CCC1C2.O=C(Oc1c(C2CCCCC2)cc(S(=O)(=O)[O-])cc1C1CCCCC1)c1c(C2CC3CCC2C3)cc(C2CC3CCC2C3)cc1C1CC2CCC1C2. The van der Waals surface area contributed by atoms with Gasteiger partial charge in [-0.2, -0.15) is 0 Å². The third-order valence-electron chi connectivity index (χ3n) is 29.8. The Hall–Kier alpha value is -4.36. The maximum Gasteiger partial charge on any atom is 0.344 e. The zero-order chi connectivity index (χ0) is 65.6. The number of ether oxygens (including phenoxy) is 2. The minimum Gasteiger partial charge on any atom is -0.744 e. The van der Waals surface area contributed by atoms with Gasteiger partial charge in [0.1, 0.15) is 31.7 Å². The average Bonchev–Trinajstić information content (AvgIpc) is 1.39. The maximum absolute atomic E-state index is 15.5. The van der Waals surface area contributed by atoms with Gasteiger partial charge in [-0.15, -0.1) is 0 Å². The quantitative estimate of drug-likeness (QED) is 0.0635. The molecule has 516 valence electrons. The fraction of sp³-hybridized carbons (Fsp3) is 0.690. The first kappa shape index (κ1) is 65.0. The van der Waals surface area contributed by atoms with Crippen LogP contribution in [0.5, 0.6) is 11.5 Å². The van der Waals surface area contributed by atoms with Crippen molar-refractivity contribution < 1.29 is 45.0 Å². The third kappa shape index (κ3) is 12.1. The lowest BCUT2D eigenvalue weighted by Gasteiger charge is -2.33. The summed E-state index contributed by atoms with van der Waals surface area (Å²) >= 11 is 0. The van der Waals surface area contributed by atoms with Gasteiger partial charge in [0, 0.05) is 0 Å².